The van der Waals surface area contributed by atoms with Crippen molar-refractivity contribution in [1.29, 1.82) is 0 Å². The maximum absolute atomic E-state index is 13.2. The number of H-pyrrole nitrogens is 1. The molecule has 0 atom stereocenters. The highest BCUT2D eigenvalue weighted by Crippen LogP contribution is 2.23. The zero-order valence-electron chi connectivity index (χ0n) is 11.1. The van der Waals surface area contributed by atoms with Crippen LogP contribution >= 0.6 is 15.9 Å². The Kier molecular flexibility index (Phi) is 3.93. The van der Waals surface area contributed by atoms with Crippen LogP contribution < -0.4 is 0 Å². The van der Waals surface area contributed by atoms with Gasteiger partial charge in [-0.2, -0.15) is 8.78 Å². The topological polar surface area (TPSA) is 59.9 Å². The van der Waals surface area contributed by atoms with Crippen molar-refractivity contribution in [2.24, 2.45) is 0 Å². The average molecular weight is 370 g/mol. The van der Waals surface area contributed by atoms with E-state index in [2.05, 4.69) is 25.9 Å². The summed E-state index contributed by atoms with van der Waals surface area (Å²) < 4.78 is 32.9. The van der Waals surface area contributed by atoms with E-state index in [0.29, 0.717) is 15.5 Å². The molecule has 3 rings (SSSR count). The van der Waals surface area contributed by atoms with Crippen molar-refractivity contribution in [2.75, 3.05) is 0 Å². The summed E-state index contributed by atoms with van der Waals surface area (Å²) in [6.07, 6.45) is 1.57. The first-order chi connectivity index (χ1) is 10.6. The number of benzene rings is 1. The molecule has 1 aromatic carbocycles. The van der Waals surface area contributed by atoms with Gasteiger partial charge in [-0.05, 0) is 34.1 Å². The lowest BCUT2D eigenvalue weighted by molar-refractivity contribution is 0.0382. The first-order valence-corrected chi connectivity index (χ1v) is 7.10. The van der Waals surface area contributed by atoms with E-state index in [1.165, 1.54) is 0 Å². The summed E-state index contributed by atoms with van der Waals surface area (Å²) in [5.74, 6) is -0.645. The number of alkyl halides is 2. The van der Waals surface area contributed by atoms with Crippen LogP contribution in [0.4, 0.5) is 8.78 Å². The molecule has 0 saturated carbocycles. The maximum Gasteiger partial charge on any atom is 0.355 e. The minimum atomic E-state index is -2.76. The molecular formula is C14H10BrF2N3O2. The van der Waals surface area contributed by atoms with Crippen LogP contribution in [-0.4, -0.2) is 20.5 Å². The zero-order valence-corrected chi connectivity index (χ0v) is 12.7. The summed E-state index contributed by atoms with van der Waals surface area (Å²) in [7, 11) is 0. The average Bonchev–Trinajstić information content (AvgIpc) is 3.07. The number of rotatable bonds is 4. The van der Waals surface area contributed by atoms with Crippen LogP contribution in [0.5, 0.6) is 0 Å². The van der Waals surface area contributed by atoms with Crippen LogP contribution in [0.1, 0.15) is 22.9 Å². The van der Waals surface area contributed by atoms with E-state index in [9.17, 15) is 13.6 Å². The molecule has 22 heavy (non-hydrogen) atoms. The molecule has 0 bridgehead atoms. The molecule has 0 spiro atoms. The van der Waals surface area contributed by atoms with Crippen molar-refractivity contribution in [3.8, 4) is 0 Å². The van der Waals surface area contributed by atoms with Gasteiger partial charge >= 0.3 is 12.5 Å². The monoisotopic (exact) mass is 369 g/mol. The molecule has 3 aromatic rings. The largest absolute Gasteiger partial charge is 0.453 e. The predicted molar refractivity (Wildman–Crippen MR) is 78.6 cm³/mol. The molecule has 2 aromatic heterocycles. The molecular weight excluding hydrogens is 360 g/mol. The van der Waals surface area contributed by atoms with Gasteiger partial charge in [-0.3, -0.25) is 4.57 Å². The first kappa shape index (κ1) is 14.7. The van der Waals surface area contributed by atoms with E-state index < -0.39 is 12.5 Å². The third-order valence-corrected chi connectivity index (χ3v) is 3.52. The number of para-hydroxylation sites is 2. The van der Waals surface area contributed by atoms with Gasteiger partial charge in [-0.15, -0.1) is 0 Å². The molecule has 114 valence electrons. The van der Waals surface area contributed by atoms with E-state index in [4.69, 9.17) is 4.74 Å². The maximum atomic E-state index is 13.2. The molecule has 0 amide bonds. The standard InChI is InChI=1S/C14H10BrF2N3O2/c15-8-5-10(18-6-8)13(21)22-7-12-19-9-3-1-2-4-11(9)20(12)14(16)17/h1-6,14,18H,7H2. The Labute approximate surface area is 132 Å². The lowest BCUT2D eigenvalue weighted by atomic mass is 10.3. The Morgan fingerprint density at radius 1 is 1.41 bits per heavy atom. The number of imidazole rings is 1. The summed E-state index contributed by atoms with van der Waals surface area (Å²) >= 11 is 3.20. The van der Waals surface area contributed by atoms with Gasteiger partial charge in [0.25, 0.3) is 0 Å². The van der Waals surface area contributed by atoms with E-state index >= 15 is 0 Å². The molecule has 8 heteroatoms. The summed E-state index contributed by atoms with van der Waals surface area (Å²) in [6, 6.07) is 8.06. The number of esters is 1. The third kappa shape index (κ3) is 2.74. The Morgan fingerprint density at radius 2 is 2.18 bits per heavy atom. The number of carbonyl (C=O) groups excluding carboxylic acids is 1. The van der Waals surface area contributed by atoms with Gasteiger partial charge in [0.05, 0.1) is 11.0 Å². The number of carbonyl (C=O) groups is 1. The highest BCUT2D eigenvalue weighted by atomic mass is 79.9. The molecule has 5 nitrogen and oxygen atoms in total. The number of hydrogen-bond donors (Lipinski definition) is 1. The van der Waals surface area contributed by atoms with Gasteiger partial charge in [0.2, 0.25) is 0 Å². The van der Waals surface area contributed by atoms with Crippen LogP contribution in [0.15, 0.2) is 41.0 Å². The van der Waals surface area contributed by atoms with Gasteiger partial charge < -0.3 is 9.72 Å². The Bertz CT molecular complexity index is 828. The van der Waals surface area contributed by atoms with Crippen molar-refractivity contribution in [3.05, 3.63) is 52.5 Å². The number of nitrogens with one attached hydrogen (secondary N) is 1. The Morgan fingerprint density at radius 3 is 2.86 bits per heavy atom. The number of ether oxygens (including phenoxy) is 1. The smallest absolute Gasteiger partial charge is 0.355 e. The number of nitrogens with zero attached hydrogens (tertiary/aromatic N) is 2. The normalized spacial score (nSPS) is 11.3. The molecule has 0 radical (unpaired) electrons. The number of aromatic nitrogens is 3. The van der Waals surface area contributed by atoms with E-state index in [-0.39, 0.29) is 18.1 Å². The van der Waals surface area contributed by atoms with E-state index in [1.807, 2.05) is 0 Å². The first-order valence-electron chi connectivity index (χ1n) is 6.31. The van der Waals surface area contributed by atoms with Crippen LogP contribution in [0.2, 0.25) is 0 Å². The SMILES string of the molecule is O=C(OCc1nc2ccccc2n1C(F)F)c1cc(Br)c[nH]1. The minimum absolute atomic E-state index is 0.00447. The summed E-state index contributed by atoms with van der Waals surface area (Å²) in [5.41, 5.74) is 0.953. The fourth-order valence-corrected chi connectivity index (χ4v) is 2.45. The Hall–Kier alpha value is -2.22. The van der Waals surface area contributed by atoms with E-state index in [0.717, 1.165) is 4.57 Å². The van der Waals surface area contributed by atoms with Crippen LogP contribution in [0.25, 0.3) is 11.0 Å². The molecule has 0 aliphatic heterocycles. The molecule has 2 heterocycles. The number of fused-ring (bicyclic) bond motifs is 1. The van der Waals surface area contributed by atoms with Crippen LogP contribution in [0, 0.1) is 0 Å². The second kappa shape index (κ2) is 5.88. The summed E-state index contributed by atoms with van der Waals surface area (Å²) in [4.78, 5) is 18.6. The van der Waals surface area contributed by atoms with E-state index in [1.54, 1.807) is 36.5 Å². The van der Waals surface area contributed by atoms with Crippen molar-refractivity contribution in [3.63, 3.8) is 0 Å². The van der Waals surface area contributed by atoms with Gasteiger partial charge in [0.1, 0.15) is 12.3 Å². The van der Waals surface area contributed by atoms with Crippen molar-refractivity contribution < 1.29 is 18.3 Å². The quantitative estimate of drug-likeness (QED) is 0.710. The number of aromatic amines is 1. The molecule has 1 N–H and O–H groups in total. The third-order valence-electron chi connectivity index (χ3n) is 3.06. The fourth-order valence-electron chi connectivity index (χ4n) is 2.11. The van der Waals surface area contributed by atoms with Crippen molar-refractivity contribution in [1.82, 2.24) is 14.5 Å². The molecule has 0 unspecified atom stereocenters. The molecule has 0 fully saturated rings. The number of hydrogen-bond acceptors (Lipinski definition) is 3. The predicted octanol–water partition coefficient (Wildman–Crippen LogP) is 3.88. The highest BCUT2D eigenvalue weighted by molar-refractivity contribution is 9.10. The Balaban J connectivity index is 1.84. The zero-order chi connectivity index (χ0) is 15.7. The molecule has 0 saturated heterocycles. The lowest BCUT2D eigenvalue weighted by Gasteiger charge is -2.08. The lowest BCUT2D eigenvalue weighted by Crippen LogP contribution is -2.10. The van der Waals surface area contributed by atoms with Gasteiger partial charge in [-0.25, -0.2) is 9.78 Å². The second-order valence-corrected chi connectivity index (χ2v) is 5.39. The molecule has 0 aliphatic carbocycles. The minimum Gasteiger partial charge on any atom is -0.453 e. The number of halogens is 3. The summed E-state index contributed by atoms with van der Waals surface area (Å²) in [5, 5.41) is 0. The van der Waals surface area contributed by atoms with Gasteiger partial charge in [0.15, 0.2) is 5.82 Å². The van der Waals surface area contributed by atoms with Gasteiger partial charge in [0, 0.05) is 10.7 Å². The van der Waals surface area contributed by atoms with Crippen LogP contribution in [0.3, 0.4) is 0 Å². The van der Waals surface area contributed by atoms with Gasteiger partial charge in [-0.1, -0.05) is 12.1 Å². The van der Waals surface area contributed by atoms with Crippen molar-refractivity contribution in [2.45, 2.75) is 13.2 Å². The highest BCUT2D eigenvalue weighted by Gasteiger charge is 2.19. The molecule has 0 aliphatic rings. The fraction of sp³-hybridized carbons (Fsp3) is 0.143. The summed E-state index contributed by atoms with van der Waals surface area (Å²) in [6.45, 7) is -3.10. The second-order valence-electron chi connectivity index (χ2n) is 4.47. The van der Waals surface area contributed by atoms with Crippen molar-refractivity contribution >= 4 is 32.9 Å². The van der Waals surface area contributed by atoms with Crippen LogP contribution in [-0.2, 0) is 11.3 Å².